The van der Waals surface area contributed by atoms with E-state index in [1.54, 1.807) is 0 Å². The molecule has 1 atom stereocenters. The average Bonchev–Trinajstić information content (AvgIpc) is 2.79. The van der Waals surface area contributed by atoms with Gasteiger partial charge in [-0.05, 0) is 60.9 Å². The Kier molecular flexibility index (Phi) is 6.15. The molecule has 4 rings (SSSR count). The van der Waals surface area contributed by atoms with Gasteiger partial charge in [-0.1, -0.05) is 18.2 Å². The number of ether oxygens (including phenoxy) is 1. The molecule has 1 fully saturated rings. The average molecular weight is 431 g/mol. The highest BCUT2D eigenvalue weighted by atomic mass is 16.5. The first-order valence-corrected chi connectivity index (χ1v) is 10.9. The molecule has 1 aliphatic heterocycles. The summed E-state index contributed by atoms with van der Waals surface area (Å²) < 4.78 is 5.64. The van der Waals surface area contributed by atoms with Gasteiger partial charge in [-0.15, -0.1) is 0 Å². The molecule has 32 heavy (non-hydrogen) atoms. The zero-order valence-corrected chi connectivity index (χ0v) is 19.1. The summed E-state index contributed by atoms with van der Waals surface area (Å²) in [6, 6.07) is 16.1. The summed E-state index contributed by atoms with van der Waals surface area (Å²) in [5, 5.41) is 0. The highest BCUT2D eigenvalue weighted by Crippen LogP contribution is 2.38. The number of pyridine rings is 1. The minimum absolute atomic E-state index is 0.181. The van der Waals surface area contributed by atoms with Gasteiger partial charge in [0.1, 0.15) is 5.82 Å². The molecule has 2 N–H and O–H groups in total. The molecular weight excluding hydrogens is 400 g/mol. The van der Waals surface area contributed by atoms with Gasteiger partial charge >= 0.3 is 0 Å². The Hall–Kier alpha value is -3.38. The van der Waals surface area contributed by atoms with Crippen LogP contribution < -0.4 is 15.5 Å². The summed E-state index contributed by atoms with van der Waals surface area (Å²) in [7, 11) is 4.03. The summed E-state index contributed by atoms with van der Waals surface area (Å²) in [5.74, 6) is 0.464. The third kappa shape index (κ3) is 4.32. The van der Waals surface area contributed by atoms with Crippen LogP contribution in [0.25, 0.3) is 22.3 Å². The molecule has 1 amide bonds. The first-order valence-electron chi connectivity index (χ1n) is 10.9. The largest absolute Gasteiger partial charge is 0.378 e. The number of carbonyl (C=O) groups excluding carboxylic acids is 1. The predicted molar refractivity (Wildman–Crippen MR) is 130 cm³/mol. The molecule has 1 aliphatic rings. The standard InChI is InChI=1S/C26H30N4O2/c1-17-5-11-22(26(27)31)25(24(17)19-6-9-21(10-7-19)29(3)4)20-8-12-23(28-15-20)30-13-14-32-18(2)16-30/h5-12,15,18H,13-14,16H2,1-4H3,(H2,27,31). The van der Waals surface area contributed by atoms with Crippen LogP contribution in [0.4, 0.5) is 11.5 Å². The fourth-order valence-corrected chi connectivity index (χ4v) is 4.26. The third-order valence-electron chi connectivity index (χ3n) is 5.95. The molecule has 0 saturated carbocycles. The van der Waals surface area contributed by atoms with Crippen molar-refractivity contribution in [3.63, 3.8) is 0 Å². The summed E-state index contributed by atoms with van der Waals surface area (Å²) >= 11 is 0. The molecule has 2 aromatic carbocycles. The SMILES string of the molecule is Cc1ccc(C(N)=O)c(-c2ccc(N3CCOC(C)C3)nc2)c1-c1ccc(N(C)C)cc1. The van der Waals surface area contributed by atoms with E-state index in [4.69, 9.17) is 15.5 Å². The number of nitrogens with zero attached hydrogens (tertiary/aromatic N) is 3. The molecular formula is C26H30N4O2. The fourth-order valence-electron chi connectivity index (χ4n) is 4.26. The van der Waals surface area contributed by atoms with Crippen molar-refractivity contribution in [1.29, 1.82) is 0 Å². The number of amides is 1. The lowest BCUT2D eigenvalue weighted by atomic mass is 9.87. The highest BCUT2D eigenvalue weighted by molar-refractivity contribution is 6.04. The van der Waals surface area contributed by atoms with Crippen molar-refractivity contribution < 1.29 is 9.53 Å². The van der Waals surface area contributed by atoms with E-state index in [1.807, 2.05) is 44.6 Å². The quantitative estimate of drug-likeness (QED) is 0.659. The van der Waals surface area contributed by atoms with Crippen molar-refractivity contribution in [2.45, 2.75) is 20.0 Å². The Morgan fingerprint density at radius 2 is 1.78 bits per heavy atom. The topological polar surface area (TPSA) is 71.7 Å². The molecule has 0 aliphatic carbocycles. The zero-order chi connectivity index (χ0) is 22.8. The molecule has 1 aromatic heterocycles. The van der Waals surface area contributed by atoms with Crippen LogP contribution in [-0.4, -0.2) is 50.8 Å². The van der Waals surface area contributed by atoms with Gasteiger partial charge in [0, 0.05) is 55.8 Å². The lowest BCUT2D eigenvalue weighted by molar-refractivity contribution is 0.0529. The second-order valence-electron chi connectivity index (χ2n) is 8.52. The number of anilines is 2. The molecule has 166 valence electrons. The van der Waals surface area contributed by atoms with Crippen molar-refractivity contribution in [2.24, 2.45) is 5.73 Å². The van der Waals surface area contributed by atoms with Crippen LogP contribution in [0.1, 0.15) is 22.8 Å². The summed E-state index contributed by atoms with van der Waals surface area (Å²) in [5.41, 5.74) is 12.2. The second kappa shape index (κ2) is 9.01. The number of primary amides is 1. The Morgan fingerprint density at radius 1 is 1.06 bits per heavy atom. The summed E-state index contributed by atoms with van der Waals surface area (Å²) in [4.78, 5) is 21.4. The van der Waals surface area contributed by atoms with Crippen molar-refractivity contribution in [3.8, 4) is 22.3 Å². The molecule has 0 spiro atoms. The number of aromatic nitrogens is 1. The van der Waals surface area contributed by atoms with E-state index >= 15 is 0 Å². The van der Waals surface area contributed by atoms with E-state index in [0.717, 1.165) is 52.4 Å². The fraction of sp³-hybridized carbons (Fsp3) is 0.308. The second-order valence-corrected chi connectivity index (χ2v) is 8.52. The monoisotopic (exact) mass is 430 g/mol. The van der Waals surface area contributed by atoms with Crippen molar-refractivity contribution in [1.82, 2.24) is 4.98 Å². The number of nitrogens with two attached hydrogens (primary N) is 1. The van der Waals surface area contributed by atoms with E-state index in [1.165, 1.54) is 0 Å². The van der Waals surface area contributed by atoms with Gasteiger partial charge in [-0.3, -0.25) is 4.79 Å². The van der Waals surface area contributed by atoms with Gasteiger partial charge in [-0.2, -0.15) is 0 Å². The van der Waals surface area contributed by atoms with Crippen molar-refractivity contribution in [2.75, 3.05) is 43.6 Å². The van der Waals surface area contributed by atoms with Gasteiger partial charge in [-0.25, -0.2) is 4.98 Å². The highest BCUT2D eigenvalue weighted by Gasteiger charge is 2.21. The maximum atomic E-state index is 12.4. The van der Waals surface area contributed by atoms with E-state index in [-0.39, 0.29) is 6.10 Å². The zero-order valence-electron chi connectivity index (χ0n) is 19.1. The first kappa shape index (κ1) is 21.8. The van der Waals surface area contributed by atoms with E-state index in [0.29, 0.717) is 12.2 Å². The van der Waals surface area contributed by atoms with Crippen LogP contribution in [0.15, 0.2) is 54.7 Å². The normalized spacial score (nSPS) is 16.1. The Bertz CT molecular complexity index is 1110. The smallest absolute Gasteiger partial charge is 0.249 e. The van der Waals surface area contributed by atoms with Crippen LogP contribution in [0, 0.1) is 6.92 Å². The van der Waals surface area contributed by atoms with Crippen LogP contribution in [-0.2, 0) is 4.74 Å². The Labute approximate surface area is 189 Å². The number of aryl methyl sites for hydroxylation is 1. The molecule has 6 heteroatoms. The molecule has 0 bridgehead atoms. The molecule has 2 heterocycles. The Morgan fingerprint density at radius 3 is 2.38 bits per heavy atom. The van der Waals surface area contributed by atoms with Gasteiger partial charge in [0.2, 0.25) is 5.91 Å². The van der Waals surface area contributed by atoms with Crippen LogP contribution >= 0.6 is 0 Å². The lowest BCUT2D eigenvalue weighted by Crippen LogP contribution is -2.41. The minimum atomic E-state index is -0.447. The molecule has 0 radical (unpaired) electrons. The van der Waals surface area contributed by atoms with Gasteiger partial charge in [0.15, 0.2) is 0 Å². The molecule has 6 nitrogen and oxygen atoms in total. The van der Waals surface area contributed by atoms with Gasteiger partial charge < -0.3 is 20.3 Å². The van der Waals surface area contributed by atoms with Crippen molar-refractivity contribution in [3.05, 3.63) is 65.9 Å². The Balaban J connectivity index is 1.80. The number of hydrogen-bond donors (Lipinski definition) is 1. The molecule has 1 saturated heterocycles. The maximum absolute atomic E-state index is 12.4. The maximum Gasteiger partial charge on any atom is 0.249 e. The van der Waals surface area contributed by atoms with Crippen LogP contribution in [0.5, 0.6) is 0 Å². The number of morpholine rings is 1. The lowest BCUT2D eigenvalue weighted by Gasteiger charge is -2.32. The minimum Gasteiger partial charge on any atom is -0.378 e. The van der Waals surface area contributed by atoms with E-state index in [9.17, 15) is 4.79 Å². The number of carbonyl (C=O) groups is 1. The van der Waals surface area contributed by atoms with E-state index < -0.39 is 5.91 Å². The van der Waals surface area contributed by atoms with E-state index in [2.05, 4.69) is 47.9 Å². The first-order chi connectivity index (χ1) is 15.3. The number of benzene rings is 2. The number of hydrogen-bond acceptors (Lipinski definition) is 5. The number of rotatable bonds is 5. The van der Waals surface area contributed by atoms with Gasteiger partial charge in [0.05, 0.1) is 12.7 Å². The van der Waals surface area contributed by atoms with Gasteiger partial charge in [0.25, 0.3) is 0 Å². The summed E-state index contributed by atoms with van der Waals surface area (Å²) in [6.07, 6.45) is 2.02. The van der Waals surface area contributed by atoms with Crippen molar-refractivity contribution >= 4 is 17.4 Å². The van der Waals surface area contributed by atoms with Crippen LogP contribution in [0.3, 0.4) is 0 Å². The summed E-state index contributed by atoms with van der Waals surface area (Å²) in [6.45, 7) is 6.45. The third-order valence-corrected chi connectivity index (χ3v) is 5.95. The molecule has 3 aromatic rings. The predicted octanol–water partition coefficient (Wildman–Crippen LogP) is 4.11. The van der Waals surface area contributed by atoms with Crippen LogP contribution in [0.2, 0.25) is 0 Å². The molecule has 1 unspecified atom stereocenters.